The number of thioether (sulfide) groups is 1. The van der Waals surface area contributed by atoms with Crippen molar-refractivity contribution < 1.29 is 5.11 Å². The van der Waals surface area contributed by atoms with Crippen LogP contribution in [-0.4, -0.2) is 27.8 Å². The molecular formula is C11H25NOS. The summed E-state index contributed by atoms with van der Waals surface area (Å²) in [6.07, 6.45) is 3.21. The summed E-state index contributed by atoms with van der Waals surface area (Å²) in [7, 11) is 0. The molecule has 1 atom stereocenters. The normalized spacial score (nSPS) is 16.7. The van der Waals surface area contributed by atoms with Crippen LogP contribution in [0.4, 0.5) is 0 Å². The molecule has 0 aliphatic heterocycles. The Morgan fingerprint density at radius 2 is 1.71 bits per heavy atom. The second-order valence-corrected chi connectivity index (χ2v) is 7.15. The summed E-state index contributed by atoms with van der Waals surface area (Å²) in [5.41, 5.74) is 5.44. The minimum atomic E-state index is -0.383. The summed E-state index contributed by atoms with van der Waals surface area (Å²) in [5, 5.41) is 8.95. The lowest BCUT2D eigenvalue weighted by molar-refractivity contribution is 0.198. The van der Waals surface area contributed by atoms with Crippen LogP contribution in [0.25, 0.3) is 0 Å². The molecule has 14 heavy (non-hydrogen) atoms. The van der Waals surface area contributed by atoms with Crippen molar-refractivity contribution >= 4 is 11.8 Å². The zero-order chi connectivity index (χ0) is 11.2. The summed E-state index contributed by atoms with van der Waals surface area (Å²) < 4.78 is 0.364. The van der Waals surface area contributed by atoms with Crippen LogP contribution in [0.5, 0.6) is 0 Å². The highest BCUT2D eigenvalue weighted by atomic mass is 32.2. The van der Waals surface area contributed by atoms with Crippen LogP contribution in [0.15, 0.2) is 0 Å². The van der Waals surface area contributed by atoms with Gasteiger partial charge in [-0.05, 0) is 25.5 Å². The topological polar surface area (TPSA) is 46.2 Å². The first-order valence-corrected chi connectivity index (χ1v) is 6.29. The van der Waals surface area contributed by atoms with Gasteiger partial charge < -0.3 is 10.8 Å². The highest BCUT2D eigenvalue weighted by Crippen LogP contribution is 2.24. The van der Waals surface area contributed by atoms with E-state index in [0.29, 0.717) is 4.75 Å². The van der Waals surface area contributed by atoms with Gasteiger partial charge in [-0.25, -0.2) is 0 Å². The van der Waals surface area contributed by atoms with Crippen molar-refractivity contribution in [2.24, 2.45) is 5.73 Å². The van der Waals surface area contributed by atoms with Crippen LogP contribution in [0.2, 0.25) is 0 Å². The second kappa shape index (κ2) is 5.99. The van der Waals surface area contributed by atoms with Crippen LogP contribution in [0.1, 0.15) is 47.0 Å². The number of hydrogen-bond acceptors (Lipinski definition) is 3. The van der Waals surface area contributed by atoms with E-state index in [2.05, 4.69) is 20.8 Å². The number of nitrogens with two attached hydrogens (primary N) is 1. The van der Waals surface area contributed by atoms with Gasteiger partial charge in [-0.3, -0.25) is 0 Å². The number of hydrogen-bond donors (Lipinski definition) is 2. The molecule has 0 aliphatic rings. The van der Waals surface area contributed by atoms with Crippen LogP contribution in [-0.2, 0) is 0 Å². The van der Waals surface area contributed by atoms with Gasteiger partial charge in [0.05, 0.1) is 6.61 Å². The molecule has 0 spiro atoms. The quantitative estimate of drug-likeness (QED) is 0.674. The summed E-state index contributed by atoms with van der Waals surface area (Å²) in [6, 6.07) is 0. The van der Waals surface area contributed by atoms with Crippen LogP contribution in [0.3, 0.4) is 0 Å². The Morgan fingerprint density at radius 3 is 2.14 bits per heavy atom. The molecule has 0 rings (SSSR count). The van der Waals surface area contributed by atoms with Crippen molar-refractivity contribution in [1.29, 1.82) is 0 Å². The number of rotatable bonds is 6. The highest BCUT2D eigenvalue weighted by molar-refractivity contribution is 8.00. The Labute approximate surface area is 92.6 Å². The van der Waals surface area contributed by atoms with Crippen molar-refractivity contribution in [3.05, 3.63) is 0 Å². The van der Waals surface area contributed by atoms with Gasteiger partial charge in [-0.2, -0.15) is 11.8 Å². The molecule has 0 aromatic heterocycles. The van der Waals surface area contributed by atoms with E-state index < -0.39 is 0 Å². The first-order chi connectivity index (χ1) is 6.27. The largest absolute Gasteiger partial charge is 0.394 e. The third-order valence-corrected chi connectivity index (χ3v) is 3.40. The van der Waals surface area contributed by atoms with Gasteiger partial charge in [0.1, 0.15) is 0 Å². The van der Waals surface area contributed by atoms with E-state index in [-0.39, 0.29) is 12.1 Å². The molecule has 0 amide bonds. The zero-order valence-electron chi connectivity index (χ0n) is 9.97. The van der Waals surface area contributed by atoms with Crippen LogP contribution >= 0.6 is 11.8 Å². The maximum Gasteiger partial charge on any atom is 0.0608 e. The van der Waals surface area contributed by atoms with Crippen molar-refractivity contribution in [3.63, 3.8) is 0 Å². The zero-order valence-corrected chi connectivity index (χ0v) is 10.8. The minimum absolute atomic E-state index is 0.0828. The van der Waals surface area contributed by atoms with Crippen LogP contribution in [0, 0.1) is 0 Å². The third kappa shape index (κ3) is 8.85. The Morgan fingerprint density at radius 1 is 1.14 bits per heavy atom. The van der Waals surface area contributed by atoms with E-state index in [9.17, 15) is 0 Å². The first kappa shape index (κ1) is 14.3. The van der Waals surface area contributed by atoms with E-state index in [1.54, 1.807) is 0 Å². The Hall–Kier alpha value is 0.270. The van der Waals surface area contributed by atoms with E-state index in [1.807, 2.05) is 18.7 Å². The number of aliphatic hydroxyl groups excluding tert-OH is 1. The summed E-state index contributed by atoms with van der Waals surface area (Å²) >= 11 is 1.99. The van der Waals surface area contributed by atoms with Crippen molar-refractivity contribution in [3.8, 4) is 0 Å². The van der Waals surface area contributed by atoms with Gasteiger partial charge in [0, 0.05) is 10.3 Å². The highest BCUT2D eigenvalue weighted by Gasteiger charge is 2.16. The lowest BCUT2D eigenvalue weighted by atomic mass is 9.98. The molecule has 0 bridgehead atoms. The number of unbranched alkanes of at least 4 members (excludes halogenated alkanes) is 1. The molecule has 0 fully saturated rings. The molecule has 0 saturated heterocycles. The first-order valence-electron chi connectivity index (χ1n) is 5.30. The van der Waals surface area contributed by atoms with E-state index in [4.69, 9.17) is 10.8 Å². The summed E-state index contributed by atoms with van der Waals surface area (Å²) in [5.74, 6) is 1.19. The van der Waals surface area contributed by atoms with Gasteiger partial charge in [0.25, 0.3) is 0 Å². The second-order valence-electron chi connectivity index (χ2n) is 5.23. The average molecular weight is 219 g/mol. The third-order valence-electron chi connectivity index (χ3n) is 2.04. The predicted octanol–water partition coefficient (Wildman–Crippen LogP) is 2.40. The maximum atomic E-state index is 8.95. The average Bonchev–Trinajstić information content (AvgIpc) is 2.01. The SMILES string of the molecule is CC(N)(CO)CCCCSC(C)(C)C. The molecule has 0 heterocycles. The molecule has 0 aromatic carbocycles. The molecule has 0 aliphatic carbocycles. The lowest BCUT2D eigenvalue weighted by Crippen LogP contribution is -2.39. The summed E-state index contributed by atoms with van der Waals surface area (Å²) in [6.45, 7) is 8.69. The Kier molecular flexibility index (Phi) is 6.10. The van der Waals surface area contributed by atoms with E-state index >= 15 is 0 Å². The molecule has 3 N–H and O–H groups in total. The predicted molar refractivity (Wildman–Crippen MR) is 65.7 cm³/mol. The van der Waals surface area contributed by atoms with Gasteiger partial charge in [0.2, 0.25) is 0 Å². The van der Waals surface area contributed by atoms with Crippen molar-refractivity contribution in [2.45, 2.75) is 57.2 Å². The fourth-order valence-electron chi connectivity index (χ4n) is 1.09. The lowest BCUT2D eigenvalue weighted by Gasteiger charge is -2.22. The molecule has 0 radical (unpaired) electrons. The molecule has 2 nitrogen and oxygen atoms in total. The van der Waals surface area contributed by atoms with Crippen molar-refractivity contribution in [2.75, 3.05) is 12.4 Å². The van der Waals surface area contributed by atoms with Crippen molar-refractivity contribution in [1.82, 2.24) is 0 Å². The smallest absolute Gasteiger partial charge is 0.0608 e. The molecule has 3 heteroatoms. The Bertz CT molecular complexity index is 152. The standard InChI is InChI=1S/C11H25NOS/c1-10(2,3)14-8-6-5-7-11(4,12)9-13/h13H,5-9,12H2,1-4H3. The fourth-order valence-corrected chi connectivity index (χ4v) is 2.05. The summed E-state index contributed by atoms with van der Waals surface area (Å²) in [4.78, 5) is 0. The van der Waals surface area contributed by atoms with Gasteiger partial charge in [-0.15, -0.1) is 0 Å². The molecule has 1 unspecified atom stereocenters. The van der Waals surface area contributed by atoms with Gasteiger partial charge >= 0.3 is 0 Å². The van der Waals surface area contributed by atoms with Crippen LogP contribution < -0.4 is 5.73 Å². The molecule has 86 valence electrons. The maximum absolute atomic E-state index is 8.95. The van der Waals surface area contributed by atoms with Gasteiger partial charge in [-0.1, -0.05) is 27.2 Å². The minimum Gasteiger partial charge on any atom is -0.394 e. The Balaban J connectivity index is 3.39. The van der Waals surface area contributed by atoms with E-state index in [1.165, 1.54) is 12.2 Å². The van der Waals surface area contributed by atoms with Gasteiger partial charge in [0.15, 0.2) is 0 Å². The molecule has 0 aromatic rings. The monoisotopic (exact) mass is 219 g/mol. The molecule has 0 saturated carbocycles. The number of aliphatic hydroxyl groups is 1. The fraction of sp³-hybridized carbons (Fsp3) is 1.00. The molecular weight excluding hydrogens is 194 g/mol. The van der Waals surface area contributed by atoms with E-state index in [0.717, 1.165) is 12.8 Å².